The molecule has 0 aromatic carbocycles. The molecule has 0 aromatic heterocycles. The van der Waals surface area contributed by atoms with Crippen molar-refractivity contribution in [1.29, 1.82) is 0 Å². The van der Waals surface area contributed by atoms with Crippen LogP contribution >= 0.6 is 0 Å². The second kappa shape index (κ2) is 28.0. The van der Waals surface area contributed by atoms with E-state index in [9.17, 15) is 0 Å². The fraction of sp³-hybridized carbons (Fsp3) is 0.897. The van der Waals surface area contributed by atoms with Crippen LogP contribution in [0.3, 0.4) is 0 Å². The van der Waals surface area contributed by atoms with E-state index in [2.05, 4.69) is 36.3 Å². The van der Waals surface area contributed by atoms with Crippen molar-refractivity contribution < 1.29 is 0 Å². The van der Waals surface area contributed by atoms with Gasteiger partial charge in [0.25, 0.3) is 0 Å². The lowest BCUT2D eigenvalue weighted by molar-refractivity contribution is 0.577. The number of hydrogen-bond donors (Lipinski definition) is 2. The third-order valence-corrected chi connectivity index (χ3v) is 6.29. The largest absolute Gasteiger partial charge is 0.370 e. The van der Waals surface area contributed by atoms with Gasteiger partial charge in [0.05, 0.1) is 0 Å². The van der Waals surface area contributed by atoms with Crippen LogP contribution in [-0.2, 0) is 0 Å². The van der Waals surface area contributed by atoms with Gasteiger partial charge < -0.3 is 11.1 Å². The normalized spacial score (nSPS) is 12.1. The highest BCUT2D eigenvalue weighted by molar-refractivity contribution is 5.77. The van der Waals surface area contributed by atoms with Crippen LogP contribution in [0.15, 0.2) is 17.1 Å². The maximum absolute atomic E-state index is 5.97. The minimum Gasteiger partial charge on any atom is -0.370 e. The molecule has 32 heavy (non-hydrogen) atoms. The molecule has 0 saturated heterocycles. The van der Waals surface area contributed by atoms with Gasteiger partial charge in [-0.25, -0.2) is 0 Å². The minimum atomic E-state index is 0.640. The number of nitrogens with two attached hydrogens (primary N) is 1. The van der Waals surface area contributed by atoms with Gasteiger partial charge in [-0.3, -0.25) is 4.99 Å². The lowest BCUT2D eigenvalue weighted by Crippen LogP contribution is -2.32. The summed E-state index contributed by atoms with van der Waals surface area (Å²) in [6.07, 6.45) is 34.4. The van der Waals surface area contributed by atoms with Crippen molar-refractivity contribution in [2.24, 2.45) is 10.7 Å². The van der Waals surface area contributed by atoms with Crippen molar-refractivity contribution in [3.8, 4) is 0 Å². The average molecular weight is 450 g/mol. The van der Waals surface area contributed by atoms with Crippen molar-refractivity contribution in [2.75, 3.05) is 13.1 Å². The first-order valence-corrected chi connectivity index (χ1v) is 14.5. The summed E-state index contributed by atoms with van der Waals surface area (Å²) in [7, 11) is 0. The summed E-state index contributed by atoms with van der Waals surface area (Å²) in [5.41, 5.74) is 5.97. The van der Waals surface area contributed by atoms with Gasteiger partial charge in [0.15, 0.2) is 5.96 Å². The highest BCUT2D eigenvalue weighted by atomic mass is 15.1. The SMILES string of the molecule is CCCCCCCC/C=C\CCCCCCCCNC(N)=NCCCCCCCCCC. The maximum atomic E-state index is 5.97. The molecule has 0 aliphatic carbocycles. The number of aliphatic imine (C=N–C) groups is 1. The van der Waals surface area contributed by atoms with E-state index in [1.807, 2.05) is 0 Å². The minimum absolute atomic E-state index is 0.640. The Morgan fingerprint density at radius 1 is 0.562 bits per heavy atom. The number of guanidine groups is 1. The molecular weight excluding hydrogens is 390 g/mol. The number of nitrogens with one attached hydrogen (secondary N) is 1. The summed E-state index contributed by atoms with van der Waals surface area (Å²) in [6.45, 7) is 6.40. The number of nitrogens with zero attached hydrogens (tertiary/aromatic N) is 1. The summed E-state index contributed by atoms with van der Waals surface area (Å²) < 4.78 is 0. The van der Waals surface area contributed by atoms with E-state index in [0.717, 1.165) is 13.1 Å². The zero-order valence-corrected chi connectivity index (χ0v) is 22.1. The molecule has 0 aromatic rings. The first-order valence-electron chi connectivity index (χ1n) is 14.5. The highest BCUT2D eigenvalue weighted by Gasteiger charge is 1.95. The van der Waals surface area contributed by atoms with Gasteiger partial charge in [-0.15, -0.1) is 0 Å². The van der Waals surface area contributed by atoms with E-state index in [-0.39, 0.29) is 0 Å². The van der Waals surface area contributed by atoms with Crippen LogP contribution in [0.1, 0.15) is 155 Å². The van der Waals surface area contributed by atoms with Gasteiger partial charge in [0, 0.05) is 13.1 Å². The zero-order valence-electron chi connectivity index (χ0n) is 22.1. The Kier molecular flexibility index (Phi) is 27.2. The Bertz CT molecular complexity index is 403. The number of rotatable bonds is 25. The van der Waals surface area contributed by atoms with E-state index in [4.69, 9.17) is 5.73 Å². The third-order valence-electron chi connectivity index (χ3n) is 6.29. The second-order valence-corrected chi connectivity index (χ2v) is 9.61. The van der Waals surface area contributed by atoms with Crippen molar-refractivity contribution >= 4 is 5.96 Å². The number of allylic oxidation sites excluding steroid dienone is 2. The molecule has 0 rings (SSSR count). The second-order valence-electron chi connectivity index (χ2n) is 9.61. The van der Waals surface area contributed by atoms with Crippen molar-refractivity contribution in [3.05, 3.63) is 12.2 Å². The summed E-state index contributed by atoms with van der Waals surface area (Å²) in [5, 5.41) is 3.28. The van der Waals surface area contributed by atoms with Gasteiger partial charge in [-0.2, -0.15) is 0 Å². The number of hydrogen-bond acceptors (Lipinski definition) is 1. The maximum Gasteiger partial charge on any atom is 0.188 e. The van der Waals surface area contributed by atoms with Crippen LogP contribution in [0.5, 0.6) is 0 Å². The van der Waals surface area contributed by atoms with Gasteiger partial charge in [0.2, 0.25) is 0 Å². The number of unbranched alkanes of at least 4 members (excludes halogenated alkanes) is 19. The Balaban J connectivity index is 3.25. The van der Waals surface area contributed by atoms with Gasteiger partial charge in [-0.1, -0.05) is 129 Å². The molecule has 0 aliphatic heterocycles. The van der Waals surface area contributed by atoms with Crippen molar-refractivity contribution in [2.45, 2.75) is 155 Å². The zero-order chi connectivity index (χ0) is 23.4. The van der Waals surface area contributed by atoms with Gasteiger partial charge >= 0.3 is 0 Å². The van der Waals surface area contributed by atoms with Crippen LogP contribution in [-0.4, -0.2) is 19.0 Å². The molecule has 3 N–H and O–H groups in total. The van der Waals surface area contributed by atoms with E-state index in [1.54, 1.807) is 0 Å². The molecule has 0 amide bonds. The Hall–Kier alpha value is -0.990. The van der Waals surface area contributed by atoms with Crippen LogP contribution in [0, 0.1) is 0 Å². The molecule has 0 atom stereocenters. The summed E-state index contributed by atoms with van der Waals surface area (Å²) in [6, 6.07) is 0. The highest BCUT2D eigenvalue weighted by Crippen LogP contribution is 2.10. The first kappa shape index (κ1) is 31.0. The van der Waals surface area contributed by atoms with Crippen LogP contribution in [0.2, 0.25) is 0 Å². The van der Waals surface area contributed by atoms with Crippen LogP contribution in [0.25, 0.3) is 0 Å². The van der Waals surface area contributed by atoms with E-state index in [1.165, 1.54) is 141 Å². The summed E-state index contributed by atoms with van der Waals surface area (Å²) in [5.74, 6) is 0.640. The molecule has 0 saturated carbocycles. The quantitative estimate of drug-likeness (QED) is 0.0632. The smallest absolute Gasteiger partial charge is 0.188 e. The predicted molar refractivity (Wildman–Crippen MR) is 147 cm³/mol. The third kappa shape index (κ3) is 27.0. The first-order chi connectivity index (χ1) is 15.8. The van der Waals surface area contributed by atoms with Crippen molar-refractivity contribution in [1.82, 2.24) is 5.32 Å². The standard InChI is InChI=1S/C29H59N3/c1-3-5-7-9-11-13-14-15-16-17-18-19-20-22-24-26-28-32-29(30)31-27-25-23-21-12-10-8-6-4-2/h15-16H,3-14,17-28H2,1-2H3,(H3,30,31,32)/b16-15-. The fourth-order valence-corrected chi connectivity index (χ4v) is 4.09. The Morgan fingerprint density at radius 3 is 1.47 bits per heavy atom. The molecule has 3 heteroatoms. The molecule has 3 nitrogen and oxygen atoms in total. The molecule has 0 spiro atoms. The molecule has 0 aliphatic rings. The Labute approximate surface area is 202 Å². The predicted octanol–water partition coefficient (Wildman–Crippen LogP) is 9.07. The van der Waals surface area contributed by atoms with Crippen LogP contribution in [0.4, 0.5) is 0 Å². The summed E-state index contributed by atoms with van der Waals surface area (Å²) >= 11 is 0. The lowest BCUT2D eigenvalue weighted by atomic mass is 10.1. The monoisotopic (exact) mass is 449 g/mol. The summed E-state index contributed by atoms with van der Waals surface area (Å²) in [4.78, 5) is 4.46. The van der Waals surface area contributed by atoms with E-state index < -0.39 is 0 Å². The molecular formula is C29H59N3. The molecule has 0 bridgehead atoms. The van der Waals surface area contributed by atoms with Crippen molar-refractivity contribution in [3.63, 3.8) is 0 Å². The van der Waals surface area contributed by atoms with E-state index >= 15 is 0 Å². The van der Waals surface area contributed by atoms with Gasteiger partial charge in [0.1, 0.15) is 0 Å². The Morgan fingerprint density at radius 2 is 0.969 bits per heavy atom. The van der Waals surface area contributed by atoms with Crippen LogP contribution < -0.4 is 11.1 Å². The molecule has 0 heterocycles. The fourth-order valence-electron chi connectivity index (χ4n) is 4.09. The molecule has 0 fully saturated rings. The van der Waals surface area contributed by atoms with Gasteiger partial charge in [-0.05, 0) is 38.5 Å². The molecule has 190 valence electrons. The topological polar surface area (TPSA) is 50.4 Å². The molecule has 0 radical (unpaired) electrons. The molecule has 0 unspecified atom stereocenters. The van der Waals surface area contributed by atoms with E-state index in [0.29, 0.717) is 5.96 Å². The lowest BCUT2D eigenvalue weighted by Gasteiger charge is -2.06. The average Bonchev–Trinajstić information content (AvgIpc) is 2.80.